The smallest absolute Gasteiger partial charge is 0.331 e. The maximum Gasteiger partial charge on any atom is 0.331 e. The molecule has 6 heteroatoms. The molecule has 2 atom stereocenters. The fraction of sp³-hybridized carbons (Fsp3) is 0.611. The van der Waals surface area contributed by atoms with Gasteiger partial charge in [-0.25, -0.2) is 4.79 Å². The van der Waals surface area contributed by atoms with Gasteiger partial charge in [0.2, 0.25) is 0 Å². The second kappa shape index (κ2) is 7.20. The Morgan fingerprint density at radius 2 is 2.00 bits per heavy atom. The Labute approximate surface area is 155 Å². The summed E-state index contributed by atoms with van der Waals surface area (Å²) in [6, 6.07) is 6.07. The van der Waals surface area contributed by atoms with Crippen molar-refractivity contribution in [1.82, 2.24) is 4.90 Å². The number of carbonyl (C=O) groups excluding carboxylic acids is 1. The van der Waals surface area contributed by atoms with Gasteiger partial charge in [0, 0.05) is 6.54 Å². The molecule has 1 aliphatic carbocycles. The Hall–Kier alpha value is -0.810. The summed E-state index contributed by atoms with van der Waals surface area (Å²) in [4.78, 5) is 15.2. The highest BCUT2D eigenvalue weighted by molar-refractivity contribution is 5.86. The van der Waals surface area contributed by atoms with Crippen molar-refractivity contribution in [3.05, 3.63) is 34.9 Å². The van der Waals surface area contributed by atoms with Crippen molar-refractivity contribution in [2.24, 2.45) is 11.7 Å². The van der Waals surface area contributed by atoms with Crippen molar-refractivity contribution in [1.29, 1.82) is 0 Å². The Morgan fingerprint density at radius 3 is 2.62 bits per heavy atom. The lowest BCUT2D eigenvalue weighted by Gasteiger charge is -2.44. The van der Waals surface area contributed by atoms with Crippen molar-refractivity contribution in [2.45, 2.75) is 44.2 Å². The summed E-state index contributed by atoms with van der Waals surface area (Å²) < 4.78 is 5.90. The predicted molar refractivity (Wildman–Crippen MR) is 98.9 cm³/mol. The van der Waals surface area contributed by atoms with Gasteiger partial charge >= 0.3 is 5.97 Å². The number of esters is 1. The first-order valence-corrected chi connectivity index (χ1v) is 8.39. The van der Waals surface area contributed by atoms with Crippen LogP contribution in [0.4, 0.5) is 0 Å². The van der Waals surface area contributed by atoms with Crippen LogP contribution in [0.3, 0.4) is 0 Å². The number of halogens is 2. The number of carbonyl (C=O) groups is 1. The van der Waals surface area contributed by atoms with Crippen LogP contribution in [-0.4, -0.2) is 36.6 Å². The van der Waals surface area contributed by atoms with Gasteiger partial charge in [0.05, 0.1) is 0 Å². The van der Waals surface area contributed by atoms with E-state index in [9.17, 15) is 4.79 Å². The first-order valence-electron chi connectivity index (χ1n) is 8.39. The standard InChI is InChI=1S/C18H24N2O2.2ClH/c1-12-3-2-4-15-14(12)5-8-18(15,19)17(21)22-16-11-20-9-6-13(16)7-10-20;;/h2-4,13,16H,5-11,19H2,1H3;2*1H/t16?,18-;;/m1../s1. The van der Waals surface area contributed by atoms with Gasteiger partial charge < -0.3 is 10.5 Å². The third-order valence-electron chi connectivity index (χ3n) is 5.88. The molecule has 24 heavy (non-hydrogen) atoms. The number of nitrogens with zero attached hydrogens (tertiary/aromatic N) is 1. The summed E-state index contributed by atoms with van der Waals surface area (Å²) in [5, 5.41) is 0. The van der Waals surface area contributed by atoms with Crippen LogP contribution in [0.25, 0.3) is 0 Å². The fourth-order valence-corrected chi connectivity index (χ4v) is 4.41. The van der Waals surface area contributed by atoms with Gasteiger partial charge in [-0.05, 0) is 68.3 Å². The van der Waals surface area contributed by atoms with E-state index in [1.165, 1.54) is 11.1 Å². The second-order valence-corrected chi connectivity index (χ2v) is 7.15. The van der Waals surface area contributed by atoms with E-state index in [1.807, 2.05) is 12.1 Å². The van der Waals surface area contributed by atoms with Crippen molar-refractivity contribution in [3.8, 4) is 0 Å². The van der Waals surface area contributed by atoms with E-state index in [0.717, 1.165) is 44.5 Å². The van der Waals surface area contributed by atoms with Crippen LogP contribution in [0.2, 0.25) is 0 Å². The maximum atomic E-state index is 12.8. The number of benzene rings is 1. The van der Waals surface area contributed by atoms with Crippen LogP contribution in [0, 0.1) is 12.8 Å². The summed E-state index contributed by atoms with van der Waals surface area (Å²) in [5.74, 6) is 0.298. The van der Waals surface area contributed by atoms with E-state index in [0.29, 0.717) is 12.3 Å². The lowest BCUT2D eigenvalue weighted by atomic mass is 9.85. The van der Waals surface area contributed by atoms with E-state index in [4.69, 9.17) is 10.5 Å². The molecule has 3 fully saturated rings. The minimum absolute atomic E-state index is 0. The molecule has 0 saturated carbocycles. The number of hydrogen-bond acceptors (Lipinski definition) is 4. The average Bonchev–Trinajstić information content (AvgIpc) is 2.89. The molecule has 134 valence electrons. The molecule has 5 rings (SSSR count). The molecule has 4 aliphatic rings. The van der Waals surface area contributed by atoms with Gasteiger partial charge in [-0.1, -0.05) is 18.2 Å². The Bertz CT molecular complexity index is 617. The molecule has 0 spiro atoms. The average molecular weight is 373 g/mol. The molecule has 3 heterocycles. The molecule has 1 aromatic carbocycles. The molecule has 1 aromatic rings. The number of piperidine rings is 3. The van der Waals surface area contributed by atoms with Crippen LogP contribution >= 0.6 is 24.8 Å². The second-order valence-electron chi connectivity index (χ2n) is 7.15. The van der Waals surface area contributed by atoms with Gasteiger partial charge in [-0.2, -0.15) is 0 Å². The summed E-state index contributed by atoms with van der Waals surface area (Å²) in [6.45, 7) is 5.26. The Balaban J connectivity index is 0.00000104. The largest absolute Gasteiger partial charge is 0.459 e. The molecule has 3 saturated heterocycles. The quantitative estimate of drug-likeness (QED) is 0.810. The van der Waals surface area contributed by atoms with Crippen LogP contribution in [-0.2, 0) is 21.5 Å². The lowest BCUT2D eigenvalue weighted by molar-refractivity contribution is -0.165. The first-order chi connectivity index (χ1) is 10.6. The van der Waals surface area contributed by atoms with Gasteiger partial charge in [-0.3, -0.25) is 4.90 Å². The molecule has 0 radical (unpaired) electrons. The number of fused-ring (bicyclic) bond motifs is 4. The zero-order valence-corrected chi connectivity index (χ0v) is 15.6. The SMILES string of the molecule is Cc1cccc2c1CC[C@]2(N)C(=O)OC1CN2CCC1CC2.Cl.Cl. The monoisotopic (exact) mass is 372 g/mol. The number of ether oxygens (including phenoxy) is 1. The molecule has 4 nitrogen and oxygen atoms in total. The van der Waals surface area contributed by atoms with Gasteiger partial charge in [0.25, 0.3) is 0 Å². The van der Waals surface area contributed by atoms with Crippen LogP contribution in [0.1, 0.15) is 36.0 Å². The predicted octanol–water partition coefficient (Wildman–Crippen LogP) is 2.58. The minimum atomic E-state index is -0.951. The number of rotatable bonds is 2. The lowest BCUT2D eigenvalue weighted by Crippen LogP contribution is -2.54. The maximum absolute atomic E-state index is 12.8. The summed E-state index contributed by atoms with van der Waals surface area (Å²) in [7, 11) is 0. The normalized spacial score (nSPS) is 33.2. The summed E-state index contributed by atoms with van der Waals surface area (Å²) >= 11 is 0. The van der Waals surface area contributed by atoms with E-state index in [1.54, 1.807) is 0 Å². The van der Waals surface area contributed by atoms with Crippen molar-refractivity contribution >= 4 is 30.8 Å². The van der Waals surface area contributed by atoms with Crippen molar-refractivity contribution < 1.29 is 9.53 Å². The van der Waals surface area contributed by atoms with Gasteiger partial charge in [0.1, 0.15) is 11.6 Å². The fourth-order valence-electron chi connectivity index (χ4n) is 4.41. The Kier molecular flexibility index (Phi) is 5.86. The van der Waals surface area contributed by atoms with E-state index in [2.05, 4.69) is 17.9 Å². The zero-order valence-electron chi connectivity index (χ0n) is 14.0. The van der Waals surface area contributed by atoms with Crippen LogP contribution < -0.4 is 5.73 Å². The summed E-state index contributed by atoms with van der Waals surface area (Å²) in [6.07, 6.45) is 3.85. The van der Waals surface area contributed by atoms with Gasteiger partial charge in [-0.15, -0.1) is 24.8 Å². The topological polar surface area (TPSA) is 55.6 Å². The highest BCUT2D eigenvalue weighted by atomic mass is 35.5. The molecular formula is C18H26Cl2N2O2. The Morgan fingerprint density at radius 1 is 1.29 bits per heavy atom. The number of nitrogens with two attached hydrogens (primary N) is 1. The van der Waals surface area contributed by atoms with Crippen LogP contribution in [0.15, 0.2) is 18.2 Å². The molecule has 0 amide bonds. The van der Waals surface area contributed by atoms with Gasteiger partial charge in [0.15, 0.2) is 0 Å². The van der Waals surface area contributed by atoms with Crippen LogP contribution in [0.5, 0.6) is 0 Å². The molecule has 0 aromatic heterocycles. The van der Waals surface area contributed by atoms with E-state index < -0.39 is 5.54 Å². The molecule has 1 unspecified atom stereocenters. The molecule has 2 N–H and O–H groups in total. The van der Waals surface area contributed by atoms with E-state index >= 15 is 0 Å². The minimum Gasteiger partial charge on any atom is -0.459 e. The van der Waals surface area contributed by atoms with E-state index in [-0.39, 0.29) is 36.9 Å². The molecular weight excluding hydrogens is 347 g/mol. The summed E-state index contributed by atoms with van der Waals surface area (Å²) in [5.41, 5.74) is 8.99. The number of aryl methyl sites for hydroxylation is 1. The van der Waals surface area contributed by atoms with Crippen molar-refractivity contribution in [3.63, 3.8) is 0 Å². The first kappa shape index (κ1) is 19.5. The zero-order chi connectivity index (χ0) is 15.3. The molecule has 3 aliphatic heterocycles. The van der Waals surface area contributed by atoms with Crippen molar-refractivity contribution in [2.75, 3.05) is 19.6 Å². The highest BCUT2D eigenvalue weighted by Crippen LogP contribution is 2.39. The number of hydrogen-bond donors (Lipinski definition) is 1. The highest BCUT2D eigenvalue weighted by Gasteiger charge is 2.46. The third kappa shape index (κ3) is 3.05. The molecule has 2 bridgehead atoms. The third-order valence-corrected chi connectivity index (χ3v) is 5.88.